The fourth-order valence-electron chi connectivity index (χ4n) is 2.53. The van der Waals surface area contributed by atoms with E-state index in [1.807, 2.05) is 31.4 Å². The van der Waals surface area contributed by atoms with Gasteiger partial charge in [-0.25, -0.2) is 4.98 Å². The van der Waals surface area contributed by atoms with Crippen LogP contribution in [0.1, 0.15) is 33.9 Å². The molecule has 3 rings (SSSR count). The van der Waals surface area contributed by atoms with Crippen molar-refractivity contribution in [1.29, 1.82) is 0 Å². The molecule has 3 aromatic rings. The molecule has 0 bridgehead atoms. The summed E-state index contributed by atoms with van der Waals surface area (Å²) >= 11 is 9.19. The zero-order valence-electron chi connectivity index (χ0n) is 14.9. The number of halogens is 1. The van der Waals surface area contributed by atoms with Crippen LogP contribution in [0.15, 0.2) is 41.9 Å². The van der Waals surface area contributed by atoms with E-state index in [1.54, 1.807) is 40.6 Å². The van der Waals surface area contributed by atoms with E-state index in [4.69, 9.17) is 11.6 Å². The molecule has 0 spiro atoms. The Kier molecular flexibility index (Phi) is 6.26. The molecule has 27 heavy (non-hydrogen) atoms. The summed E-state index contributed by atoms with van der Waals surface area (Å²) in [7, 11) is 0. The standard InChI is InChI=1S/C19H18ClN3O2S2/c1-3-23(4-2)19(25)13-8-7-12(10-14(13)20)22-17(24)16-11-21-18(27-16)15-6-5-9-26-15/h5-11H,3-4H2,1-2H3,(H,22,24). The zero-order chi connectivity index (χ0) is 19.4. The minimum absolute atomic E-state index is 0.120. The van der Waals surface area contributed by atoms with Gasteiger partial charge in [0.05, 0.1) is 21.7 Å². The van der Waals surface area contributed by atoms with Crippen molar-refractivity contribution in [3.05, 3.63) is 57.4 Å². The molecule has 8 heteroatoms. The number of hydrogen-bond donors (Lipinski definition) is 1. The normalized spacial score (nSPS) is 10.6. The third-order valence-electron chi connectivity index (χ3n) is 3.97. The topological polar surface area (TPSA) is 62.3 Å². The summed E-state index contributed by atoms with van der Waals surface area (Å²) in [4.78, 5) is 32.5. The van der Waals surface area contributed by atoms with Crippen molar-refractivity contribution < 1.29 is 9.59 Å². The molecule has 1 aromatic carbocycles. The molecule has 0 fully saturated rings. The molecule has 5 nitrogen and oxygen atoms in total. The molecule has 1 N–H and O–H groups in total. The summed E-state index contributed by atoms with van der Waals surface area (Å²) in [6, 6.07) is 8.84. The van der Waals surface area contributed by atoms with Gasteiger partial charge in [-0.3, -0.25) is 9.59 Å². The predicted molar refractivity (Wildman–Crippen MR) is 112 cm³/mol. The molecule has 0 saturated carbocycles. The number of anilines is 1. The molecule has 0 radical (unpaired) electrons. The van der Waals surface area contributed by atoms with Crippen LogP contribution in [0, 0.1) is 0 Å². The van der Waals surface area contributed by atoms with Crippen LogP contribution in [0.25, 0.3) is 9.88 Å². The van der Waals surface area contributed by atoms with E-state index in [1.165, 1.54) is 11.3 Å². The van der Waals surface area contributed by atoms with E-state index in [-0.39, 0.29) is 11.8 Å². The third-order valence-corrected chi connectivity index (χ3v) is 6.32. The number of hydrogen-bond acceptors (Lipinski definition) is 5. The molecule has 2 aromatic heterocycles. The minimum atomic E-state index is -0.255. The van der Waals surface area contributed by atoms with Gasteiger partial charge in [-0.2, -0.15) is 0 Å². The number of rotatable bonds is 6. The highest BCUT2D eigenvalue weighted by Gasteiger charge is 2.17. The lowest BCUT2D eigenvalue weighted by Crippen LogP contribution is -2.30. The van der Waals surface area contributed by atoms with Gasteiger partial charge in [0, 0.05) is 18.8 Å². The molecule has 2 heterocycles. The Morgan fingerprint density at radius 2 is 2.00 bits per heavy atom. The summed E-state index contributed by atoms with van der Waals surface area (Å²) in [6.45, 7) is 5.07. The van der Waals surface area contributed by atoms with Gasteiger partial charge in [0.1, 0.15) is 9.88 Å². The second-order valence-corrected chi connectivity index (χ2v) is 8.02. The number of carbonyl (C=O) groups is 2. The summed E-state index contributed by atoms with van der Waals surface area (Å²) < 4.78 is 0. The van der Waals surface area contributed by atoms with Crippen LogP contribution in [0.4, 0.5) is 5.69 Å². The fourth-order valence-corrected chi connectivity index (χ4v) is 4.41. The predicted octanol–water partition coefficient (Wildman–Crippen LogP) is 5.26. The smallest absolute Gasteiger partial charge is 0.267 e. The SMILES string of the molecule is CCN(CC)C(=O)c1ccc(NC(=O)c2cnc(-c3cccs3)s2)cc1Cl. The van der Waals surface area contributed by atoms with Gasteiger partial charge < -0.3 is 10.2 Å². The molecule has 2 amide bonds. The number of nitrogens with one attached hydrogen (secondary N) is 1. The third kappa shape index (κ3) is 4.37. The van der Waals surface area contributed by atoms with Gasteiger partial charge in [-0.1, -0.05) is 17.7 Å². The highest BCUT2D eigenvalue weighted by Crippen LogP contribution is 2.29. The maximum Gasteiger partial charge on any atom is 0.267 e. The molecule has 0 aliphatic heterocycles. The maximum atomic E-state index is 12.5. The highest BCUT2D eigenvalue weighted by atomic mass is 35.5. The molecule has 140 valence electrons. The quantitative estimate of drug-likeness (QED) is 0.592. The molecular weight excluding hydrogens is 402 g/mol. The van der Waals surface area contributed by atoms with Crippen LogP contribution < -0.4 is 5.32 Å². The van der Waals surface area contributed by atoms with E-state index in [9.17, 15) is 9.59 Å². The summed E-state index contributed by atoms with van der Waals surface area (Å²) in [5, 5.41) is 5.90. The van der Waals surface area contributed by atoms with Crippen molar-refractivity contribution in [3.63, 3.8) is 0 Å². The minimum Gasteiger partial charge on any atom is -0.339 e. The van der Waals surface area contributed by atoms with E-state index in [2.05, 4.69) is 10.3 Å². The second kappa shape index (κ2) is 8.65. The second-order valence-electron chi connectivity index (χ2n) is 5.63. The van der Waals surface area contributed by atoms with Crippen molar-refractivity contribution in [2.75, 3.05) is 18.4 Å². The van der Waals surface area contributed by atoms with Gasteiger partial charge in [-0.05, 0) is 43.5 Å². The number of thiazole rings is 1. The first-order chi connectivity index (χ1) is 13.0. The number of carbonyl (C=O) groups excluding carboxylic acids is 2. The van der Waals surface area contributed by atoms with E-state index in [0.717, 1.165) is 9.88 Å². The van der Waals surface area contributed by atoms with Crippen LogP contribution in [-0.4, -0.2) is 34.8 Å². The largest absolute Gasteiger partial charge is 0.339 e. The molecule has 0 saturated heterocycles. The Balaban J connectivity index is 1.73. The maximum absolute atomic E-state index is 12.5. The summed E-state index contributed by atoms with van der Waals surface area (Å²) in [5.41, 5.74) is 0.961. The number of benzene rings is 1. The van der Waals surface area contributed by atoms with Crippen molar-refractivity contribution in [2.45, 2.75) is 13.8 Å². The Labute approximate surface area is 170 Å². The van der Waals surface area contributed by atoms with Crippen LogP contribution in [0.5, 0.6) is 0 Å². The van der Waals surface area contributed by atoms with E-state index < -0.39 is 0 Å². The fraction of sp³-hybridized carbons (Fsp3) is 0.211. The van der Waals surface area contributed by atoms with Crippen molar-refractivity contribution in [1.82, 2.24) is 9.88 Å². The Morgan fingerprint density at radius 1 is 1.22 bits per heavy atom. The number of aromatic nitrogens is 1. The first-order valence-corrected chi connectivity index (χ1v) is 10.5. The summed E-state index contributed by atoms with van der Waals surface area (Å²) in [5.74, 6) is -0.375. The highest BCUT2D eigenvalue weighted by molar-refractivity contribution is 7.22. The van der Waals surface area contributed by atoms with Gasteiger partial charge in [0.15, 0.2) is 0 Å². The molecule has 0 unspecified atom stereocenters. The Hall–Kier alpha value is -2.22. The van der Waals surface area contributed by atoms with Gasteiger partial charge in [0.25, 0.3) is 11.8 Å². The summed E-state index contributed by atoms with van der Waals surface area (Å²) in [6.07, 6.45) is 1.56. The molecule has 0 atom stereocenters. The molecule has 0 aliphatic rings. The average molecular weight is 420 g/mol. The van der Waals surface area contributed by atoms with Crippen LogP contribution in [-0.2, 0) is 0 Å². The molecular formula is C19H18ClN3O2S2. The van der Waals surface area contributed by atoms with Crippen LogP contribution in [0.3, 0.4) is 0 Å². The van der Waals surface area contributed by atoms with Crippen molar-refractivity contribution in [2.24, 2.45) is 0 Å². The average Bonchev–Trinajstić information content (AvgIpc) is 3.34. The lowest BCUT2D eigenvalue weighted by Gasteiger charge is -2.19. The first kappa shape index (κ1) is 19.5. The van der Waals surface area contributed by atoms with Crippen LogP contribution in [0.2, 0.25) is 5.02 Å². The van der Waals surface area contributed by atoms with Crippen LogP contribution >= 0.6 is 34.3 Å². The van der Waals surface area contributed by atoms with Gasteiger partial charge in [0.2, 0.25) is 0 Å². The Bertz CT molecular complexity index is 950. The molecule has 0 aliphatic carbocycles. The Morgan fingerprint density at radius 3 is 2.63 bits per heavy atom. The van der Waals surface area contributed by atoms with Crippen molar-refractivity contribution in [3.8, 4) is 9.88 Å². The monoisotopic (exact) mass is 419 g/mol. The first-order valence-electron chi connectivity index (χ1n) is 8.43. The lowest BCUT2D eigenvalue weighted by atomic mass is 10.1. The zero-order valence-corrected chi connectivity index (χ0v) is 17.2. The van der Waals surface area contributed by atoms with E-state index >= 15 is 0 Å². The lowest BCUT2D eigenvalue weighted by molar-refractivity contribution is 0.0773. The van der Waals surface area contributed by atoms with Crippen molar-refractivity contribution >= 4 is 51.8 Å². The van der Waals surface area contributed by atoms with E-state index in [0.29, 0.717) is 34.2 Å². The number of thiophene rings is 1. The number of amides is 2. The number of nitrogens with zero attached hydrogens (tertiary/aromatic N) is 2. The van der Waals surface area contributed by atoms with Gasteiger partial charge in [-0.15, -0.1) is 22.7 Å². The van der Waals surface area contributed by atoms with Gasteiger partial charge >= 0.3 is 0 Å².